The number of carbonyl (C=O) groups excluding carboxylic acids is 1. The predicted octanol–water partition coefficient (Wildman–Crippen LogP) is 5.63. The molecule has 126 valence electrons. The molecule has 0 bridgehead atoms. The Balaban J connectivity index is 0.000000211. The molecule has 0 radical (unpaired) electrons. The average Bonchev–Trinajstić information content (AvgIpc) is 3.08. The minimum Gasteiger partial charge on any atom is -0.300 e. The summed E-state index contributed by atoms with van der Waals surface area (Å²) in [5.41, 5.74) is 3.98. The third-order valence-corrected chi connectivity index (χ3v) is 3.06. The standard InChI is InChI=1S/C11H9N.C9H8.C3H6O/c12-10-6-2-5-9-11-7-3-1-4-8-11;1-2-5-9-7-3-6-8(9)4-1;1-3(2)4/h1-9H;1-6H,7H2;1-2H3. The maximum absolute atomic E-state index is 9.44. The van der Waals surface area contributed by atoms with Gasteiger partial charge in [-0.15, -0.1) is 0 Å². The fourth-order valence-electron chi connectivity index (χ4n) is 2.02. The third-order valence-electron chi connectivity index (χ3n) is 3.06. The van der Waals surface area contributed by atoms with Gasteiger partial charge in [0, 0.05) is 6.08 Å². The molecule has 0 aliphatic heterocycles. The molecular formula is C23H23NO. The fraction of sp³-hybridized carbons (Fsp3) is 0.130. The monoisotopic (exact) mass is 329 g/mol. The SMILES string of the molecule is C1=Cc2ccccc2C1.CC(C)=O.N#CC=CC=Cc1ccccc1. The number of benzene rings is 2. The largest absolute Gasteiger partial charge is 0.300 e. The molecule has 0 saturated carbocycles. The molecule has 0 N–H and O–H groups in total. The van der Waals surface area contributed by atoms with Gasteiger partial charge in [-0.3, -0.25) is 0 Å². The van der Waals surface area contributed by atoms with Gasteiger partial charge in [0.15, 0.2) is 0 Å². The highest BCUT2D eigenvalue weighted by atomic mass is 16.1. The van der Waals surface area contributed by atoms with Crippen molar-refractivity contribution in [2.45, 2.75) is 20.3 Å². The zero-order chi connectivity index (χ0) is 18.3. The van der Waals surface area contributed by atoms with E-state index < -0.39 is 0 Å². The molecule has 0 amide bonds. The lowest BCUT2D eigenvalue weighted by Crippen LogP contribution is -1.76. The first-order valence-corrected chi connectivity index (χ1v) is 8.13. The van der Waals surface area contributed by atoms with E-state index in [0.29, 0.717) is 0 Å². The first kappa shape index (κ1) is 19.9. The van der Waals surface area contributed by atoms with Gasteiger partial charge < -0.3 is 4.79 Å². The predicted molar refractivity (Wildman–Crippen MR) is 106 cm³/mol. The van der Waals surface area contributed by atoms with Crippen molar-refractivity contribution in [2.75, 3.05) is 0 Å². The van der Waals surface area contributed by atoms with E-state index in [4.69, 9.17) is 5.26 Å². The molecule has 2 nitrogen and oxygen atoms in total. The van der Waals surface area contributed by atoms with Crippen molar-refractivity contribution in [3.05, 3.63) is 95.6 Å². The summed E-state index contributed by atoms with van der Waals surface area (Å²) in [4.78, 5) is 9.44. The second kappa shape index (κ2) is 12.3. The summed E-state index contributed by atoms with van der Waals surface area (Å²) in [7, 11) is 0. The number of hydrogen-bond acceptors (Lipinski definition) is 2. The van der Waals surface area contributed by atoms with Crippen LogP contribution in [0.2, 0.25) is 0 Å². The van der Waals surface area contributed by atoms with Gasteiger partial charge in [-0.25, -0.2) is 0 Å². The molecule has 2 heteroatoms. The molecule has 0 saturated heterocycles. The van der Waals surface area contributed by atoms with Crippen LogP contribution in [0, 0.1) is 11.3 Å². The minimum atomic E-state index is 0.167. The Hall–Kier alpha value is -3.18. The highest BCUT2D eigenvalue weighted by Gasteiger charge is 2.00. The van der Waals surface area contributed by atoms with E-state index in [2.05, 4.69) is 36.4 Å². The topological polar surface area (TPSA) is 40.9 Å². The van der Waals surface area contributed by atoms with Crippen LogP contribution in [0.5, 0.6) is 0 Å². The summed E-state index contributed by atoms with van der Waals surface area (Å²) in [5.74, 6) is 0.167. The number of allylic oxidation sites excluding steroid dienone is 4. The van der Waals surface area contributed by atoms with Gasteiger partial charge in [0.1, 0.15) is 5.78 Å². The van der Waals surface area contributed by atoms with Crippen LogP contribution in [-0.4, -0.2) is 5.78 Å². The van der Waals surface area contributed by atoms with Gasteiger partial charge in [-0.1, -0.05) is 85.0 Å². The van der Waals surface area contributed by atoms with E-state index >= 15 is 0 Å². The van der Waals surface area contributed by atoms with Crippen molar-refractivity contribution in [1.29, 1.82) is 5.26 Å². The molecule has 2 aromatic carbocycles. The number of nitriles is 1. The van der Waals surface area contributed by atoms with Gasteiger partial charge >= 0.3 is 0 Å². The zero-order valence-electron chi connectivity index (χ0n) is 14.7. The van der Waals surface area contributed by atoms with Crippen LogP contribution in [0.15, 0.2) is 78.9 Å². The van der Waals surface area contributed by atoms with Gasteiger partial charge in [-0.2, -0.15) is 5.26 Å². The van der Waals surface area contributed by atoms with Crippen molar-refractivity contribution >= 4 is 17.9 Å². The summed E-state index contributed by atoms with van der Waals surface area (Å²) >= 11 is 0. The Morgan fingerprint density at radius 3 is 2.28 bits per heavy atom. The van der Waals surface area contributed by atoms with Crippen molar-refractivity contribution in [3.8, 4) is 6.07 Å². The van der Waals surface area contributed by atoms with Gasteiger partial charge in [0.05, 0.1) is 6.07 Å². The molecule has 3 rings (SSSR count). The second-order valence-corrected chi connectivity index (χ2v) is 5.47. The Bertz CT molecular complexity index is 773. The second-order valence-electron chi connectivity index (χ2n) is 5.47. The van der Waals surface area contributed by atoms with Crippen molar-refractivity contribution in [2.24, 2.45) is 0 Å². The highest BCUT2D eigenvalue weighted by Crippen LogP contribution is 2.17. The normalized spacial score (nSPS) is 11.1. The van der Waals surface area contributed by atoms with E-state index in [-0.39, 0.29) is 5.78 Å². The number of ketones is 1. The van der Waals surface area contributed by atoms with Crippen molar-refractivity contribution in [3.63, 3.8) is 0 Å². The van der Waals surface area contributed by atoms with Crippen LogP contribution in [0.1, 0.15) is 30.5 Å². The number of fused-ring (bicyclic) bond motifs is 1. The Morgan fingerprint density at radius 2 is 1.64 bits per heavy atom. The number of nitrogens with zero attached hydrogens (tertiary/aromatic N) is 1. The smallest absolute Gasteiger partial charge is 0.126 e. The lowest BCUT2D eigenvalue weighted by Gasteiger charge is -1.93. The zero-order valence-corrected chi connectivity index (χ0v) is 14.7. The van der Waals surface area contributed by atoms with Gasteiger partial charge in [-0.05, 0) is 37.0 Å². The Labute approximate surface area is 150 Å². The molecule has 0 atom stereocenters. The van der Waals surface area contributed by atoms with Crippen LogP contribution >= 0.6 is 0 Å². The van der Waals surface area contributed by atoms with E-state index in [1.165, 1.54) is 31.1 Å². The van der Waals surface area contributed by atoms with Crippen LogP contribution in [0.4, 0.5) is 0 Å². The molecule has 25 heavy (non-hydrogen) atoms. The lowest BCUT2D eigenvalue weighted by molar-refractivity contribution is -0.114. The number of carbonyl (C=O) groups is 1. The first-order valence-electron chi connectivity index (χ1n) is 8.13. The molecule has 0 fully saturated rings. The molecule has 0 unspecified atom stereocenters. The third kappa shape index (κ3) is 9.53. The Kier molecular flexibility index (Phi) is 9.75. The highest BCUT2D eigenvalue weighted by molar-refractivity contribution is 5.72. The summed E-state index contributed by atoms with van der Waals surface area (Å²) < 4.78 is 0. The number of Topliss-reactive ketones (excluding diaryl/α,β-unsaturated/α-hetero) is 1. The summed E-state index contributed by atoms with van der Waals surface area (Å²) in [6.07, 6.45) is 12.5. The van der Waals surface area contributed by atoms with Crippen LogP contribution < -0.4 is 0 Å². The van der Waals surface area contributed by atoms with Crippen LogP contribution in [-0.2, 0) is 11.2 Å². The van der Waals surface area contributed by atoms with E-state index in [1.54, 1.807) is 6.08 Å². The molecule has 1 aliphatic carbocycles. The van der Waals surface area contributed by atoms with Crippen molar-refractivity contribution < 1.29 is 4.79 Å². The maximum Gasteiger partial charge on any atom is 0.126 e. The molecular weight excluding hydrogens is 306 g/mol. The molecule has 2 aromatic rings. The molecule has 0 spiro atoms. The number of hydrogen-bond donors (Lipinski definition) is 0. The van der Waals surface area contributed by atoms with E-state index in [1.807, 2.05) is 48.6 Å². The fourth-order valence-corrected chi connectivity index (χ4v) is 2.02. The number of rotatable bonds is 2. The molecule has 0 heterocycles. The first-order chi connectivity index (χ1) is 12.1. The van der Waals surface area contributed by atoms with Crippen LogP contribution in [0.25, 0.3) is 12.2 Å². The van der Waals surface area contributed by atoms with Gasteiger partial charge in [0.2, 0.25) is 0 Å². The maximum atomic E-state index is 9.44. The van der Waals surface area contributed by atoms with Gasteiger partial charge in [0.25, 0.3) is 0 Å². The van der Waals surface area contributed by atoms with Crippen molar-refractivity contribution in [1.82, 2.24) is 0 Å². The quantitative estimate of drug-likeness (QED) is 0.529. The van der Waals surface area contributed by atoms with E-state index in [0.717, 1.165) is 12.0 Å². The molecule has 1 aliphatic rings. The minimum absolute atomic E-state index is 0.167. The summed E-state index contributed by atoms with van der Waals surface area (Å²) in [6.45, 7) is 3.06. The van der Waals surface area contributed by atoms with E-state index in [9.17, 15) is 4.79 Å². The Morgan fingerprint density at radius 1 is 1.00 bits per heavy atom. The van der Waals surface area contributed by atoms with Crippen LogP contribution in [0.3, 0.4) is 0 Å². The summed E-state index contributed by atoms with van der Waals surface area (Å²) in [6, 6.07) is 20.4. The average molecular weight is 329 g/mol. The summed E-state index contributed by atoms with van der Waals surface area (Å²) in [5, 5.41) is 8.19. The molecule has 0 aromatic heterocycles. The lowest BCUT2D eigenvalue weighted by atomic mass is 10.1.